The first-order valence-electron chi connectivity index (χ1n) is 8.16. The van der Waals surface area contributed by atoms with Crippen LogP contribution in [0.3, 0.4) is 0 Å². The van der Waals surface area contributed by atoms with E-state index in [2.05, 4.69) is 25.3 Å². The number of benzene rings is 2. The molecule has 0 aliphatic heterocycles. The van der Waals surface area contributed by atoms with E-state index in [9.17, 15) is 4.79 Å². The number of anilines is 1. The molecule has 0 unspecified atom stereocenters. The van der Waals surface area contributed by atoms with Crippen LogP contribution in [0, 0.1) is 0 Å². The Bertz CT molecular complexity index is 1080. The lowest BCUT2D eigenvalue weighted by molar-refractivity contribution is -0.115. The number of imidazole rings is 1. The number of nitrogens with zero attached hydrogens (tertiary/aromatic N) is 3. The SMILES string of the molecule is O=C(Cc1ccccc1)Nc1nc(Sc2ccc(Cl)cc2)c2[nH]cnc2n1. The number of halogens is 1. The van der Waals surface area contributed by atoms with Gasteiger partial charge in [-0.2, -0.15) is 4.98 Å². The zero-order chi connectivity index (χ0) is 18.6. The summed E-state index contributed by atoms with van der Waals surface area (Å²) >= 11 is 7.39. The van der Waals surface area contributed by atoms with Gasteiger partial charge in [0.1, 0.15) is 10.5 Å². The summed E-state index contributed by atoms with van der Waals surface area (Å²) in [6.45, 7) is 0. The molecule has 0 saturated carbocycles. The minimum Gasteiger partial charge on any atom is -0.341 e. The van der Waals surface area contributed by atoms with Crippen molar-refractivity contribution in [2.45, 2.75) is 16.3 Å². The predicted octanol–water partition coefficient (Wildman–Crippen LogP) is 4.34. The van der Waals surface area contributed by atoms with E-state index in [0.29, 0.717) is 15.7 Å². The van der Waals surface area contributed by atoms with Crippen molar-refractivity contribution in [3.63, 3.8) is 0 Å². The molecule has 0 radical (unpaired) electrons. The molecule has 2 aromatic heterocycles. The van der Waals surface area contributed by atoms with Crippen LogP contribution in [0.2, 0.25) is 5.02 Å². The summed E-state index contributed by atoms with van der Waals surface area (Å²) in [4.78, 5) is 29.3. The third kappa shape index (κ3) is 4.27. The highest BCUT2D eigenvalue weighted by Crippen LogP contribution is 2.31. The number of amides is 1. The molecule has 0 spiro atoms. The lowest BCUT2D eigenvalue weighted by Crippen LogP contribution is -2.16. The van der Waals surface area contributed by atoms with Crippen molar-refractivity contribution in [1.29, 1.82) is 0 Å². The van der Waals surface area contributed by atoms with Gasteiger partial charge in [0, 0.05) is 9.92 Å². The molecule has 2 heterocycles. The van der Waals surface area contributed by atoms with Crippen LogP contribution in [0.5, 0.6) is 0 Å². The third-order valence-corrected chi connectivity index (χ3v) is 4.99. The Hall–Kier alpha value is -2.90. The number of carbonyl (C=O) groups is 1. The lowest BCUT2D eigenvalue weighted by atomic mass is 10.1. The number of aromatic amines is 1. The van der Waals surface area contributed by atoms with Gasteiger partial charge in [0.05, 0.1) is 12.7 Å². The molecule has 0 aliphatic carbocycles. The molecular formula is C19H14ClN5OS. The largest absolute Gasteiger partial charge is 0.341 e. The van der Waals surface area contributed by atoms with Crippen LogP contribution in [-0.4, -0.2) is 25.8 Å². The highest BCUT2D eigenvalue weighted by atomic mass is 35.5. The second-order valence-electron chi connectivity index (χ2n) is 5.72. The van der Waals surface area contributed by atoms with Crippen molar-refractivity contribution in [3.8, 4) is 0 Å². The summed E-state index contributed by atoms with van der Waals surface area (Å²) in [6, 6.07) is 17.0. The minimum atomic E-state index is -0.182. The van der Waals surface area contributed by atoms with Gasteiger partial charge >= 0.3 is 0 Å². The number of hydrogen-bond acceptors (Lipinski definition) is 5. The van der Waals surface area contributed by atoms with Crippen molar-refractivity contribution in [1.82, 2.24) is 19.9 Å². The van der Waals surface area contributed by atoms with E-state index < -0.39 is 0 Å². The first-order chi connectivity index (χ1) is 13.2. The number of aromatic nitrogens is 4. The number of H-pyrrole nitrogens is 1. The Morgan fingerprint density at radius 3 is 2.63 bits per heavy atom. The van der Waals surface area contributed by atoms with E-state index in [4.69, 9.17) is 11.6 Å². The Balaban J connectivity index is 1.58. The second-order valence-corrected chi connectivity index (χ2v) is 7.22. The normalized spacial score (nSPS) is 10.9. The lowest BCUT2D eigenvalue weighted by Gasteiger charge is -2.07. The van der Waals surface area contributed by atoms with Crippen molar-refractivity contribution in [2.24, 2.45) is 0 Å². The quantitative estimate of drug-likeness (QED) is 0.491. The molecule has 2 N–H and O–H groups in total. The number of rotatable bonds is 5. The Morgan fingerprint density at radius 2 is 1.85 bits per heavy atom. The van der Waals surface area contributed by atoms with E-state index >= 15 is 0 Å². The summed E-state index contributed by atoms with van der Waals surface area (Å²) < 4.78 is 0. The van der Waals surface area contributed by atoms with Crippen LogP contribution in [0.1, 0.15) is 5.56 Å². The predicted molar refractivity (Wildman–Crippen MR) is 106 cm³/mol. The van der Waals surface area contributed by atoms with E-state index in [1.54, 1.807) is 6.33 Å². The van der Waals surface area contributed by atoms with Crippen molar-refractivity contribution < 1.29 is 4.79 Å². The topological polar surface area (TPSA) is 83.6 Å². The summed E-state index contributed by atoms with van der Waals surface area (Å²) in [5.41, 5.74) is 2.14. The molecule has 134 valence electrons. The van der Waals surface area contributed by atoms with Gasteiger partial charge < -0.3 is 4.98 Å². The van der Waals surface area contributed by atoms with Gasteiger partial charge in [-0.1, -0.05) is 53.7 Å². The third-order valence-electron chi connectivity index (χ3n) is 3.74. The molecule has 0 bridgehead atoms. The van der Waals surface area contributed by atoms with Gasteiger partial charge in [-0.25, -0.2) is 9.97 Å². The van der Waals surface area contributed by atoms with E-state index in [1.165, 1.54) is 11.8 Å². The van der Waals surface area contributed by atoms with Crippen molar-refractivity contribution in [3.05, 3.63) is 71.5 Å². The summed E-state index contributed by atoms with van der Waals surface area (Å²) in [5.74, 6) is 0.0468. The fourth-order valence-corrected chi connectivity index (χ4v) is 3.51. The molecule has 8 heteroatoms. The zero-order valence-electron chi connectivity index (χ0n) is 14.0. The smallest absolute Gasteiger partial charge is 0.232 e. The molecule has 27 heavy (non-hydrogen) atoms. The maximum atomic E-state index is 12.3. The number of hydrogen-bond donors (Lipinski definition) is 2. The summed E-state index contributed by atoms with van der Waals surface area (Å²) in [6.07, 6.45) is 1.81. The van der Waals surface area contributed by atoms with Crippen LogP contribution in [0.25, 0.3) is 11.2 Å². The van der Waals surface area contributed by atoms with Gasteiger partial charge in [-0.05, 0) is 29.8 Å². The fourth-order valence-electron chi connectivity index (χ4n) is 2.50. The molecule has 0 atom stereocenters. The molecule has 6 nitrogen and oxygen atoms in total. The summed E-state index contributed by atoms with van der Waals surface area (Å²) in [7, 11) is 0. The van der Waals surface area contributed by atoms with Gasteiger partial charge in [-0.15, -0.1) is 0 Å². The van der Waals surface area contributed by atoms with Crippen LogP contribution in [0.15, 0.2) is 70.8 Å². The average molecular weight is 396 g/mol. The Kier molecular flexibility index (Phi) is 5.04. The van der Waals surface area contributed by atoms with Crippen LogP contribution in [-0.2, 0) is 11.2 Å². The first-order valence-corrected chi connectivity index (χ1v) is 9.35. The molecule has 0 aliphatic rings. The maximum absolute atomic E-state index is 12.3. The molecule has 0 saturated heterocycles. The number of nitrogens with one attached hydrogen (secondary N) is 2. The molecule has 2 aromatic carbocycles. The molecule has 1 amide bonds. The zero-order valence-corrected chi connectivity index (χ0v) is 15.6. The van der Waals surface area contributed by atoms with E-state index in [-0.39, 0.29) is 18.3 Å². The highest BCUT2D eigenvalue weighted by molar-refractivity contribution is 7.99. The first kappa shape index (κ1) is 17.5. The van der Waals surface area contributed by atoms with Crippen molar-refractivity contribution >= 4 is 46.4 Å². The van der Waals surface area contributed by atoms with Crippen LogP contribution >= 0.6 is 23.4 Å². The van der Waals surface area contributed by atoms with Crippen LogP contribution in [0.4, 0.5) is 5.95 Å². The highest BCUT2D eigenvalue weighted by Gasteiger charge is 2.13. The molecular weight excluding hydrogens is 382 g/mol. The van der Waals surface area contributed by atoms with Gasteiger partial charge in [-0.3, -0.25) is 10.1 Å². The van der Waals surface area contributed by atoms with Gasteiger partial charge in [0.15, 0.2) is 5.65 Å². The van der Waals surface area contributed by atoms with Crippen LogP contribution < -0.4 is 5.32 Å². The fraction of sp³-hybridized carbons (Fsp3) is 0.0526. The molecule has 4 rings (SSSR count). The number of carbonyl (C=O) groups excluding carboxylic acids is 1. The Labute approximate surface area is 164 Å². The monoisotopic (exact) mass is 395 g/mol. The second kappa shape index (κ2) is 7.77. The minimum absolute atomic E-state index is 0.182. The number of fused-ring (bicyclic) bond motifs is 1. The van der Waals surface area contributed by atoms with Gasteiger partial charge in [0.2, 0.25) is 11.9 Å². The average Bonchev–Trinajstić information content (AvgIpc) is 3.13. The summed E-state index contributed by atoms with van der Waals surface area (Å²) in [5, 5.41) is 4.10. The Morgan fingerprint density at radius 1 is 1.07 bits per heavy atom. The van der Waals surface area contributed by atoms with Gasteiger partial charge in [0.25, 0.3) is 0 Å². The van der Waals surface area contributed by atoms with E-state index in [1.807, 2.05) is 54.6 Å². The van der Waals surface area contributed by atoms with E-state index in [0.717, 1.165) is 16.0 Å². The molecule has 4 aromatic rings. The standard InChI is InChI=1S/C19H14ClN5OS/c20-13-6-8-14(9-7-13)27-18-16-17(22-11-21-16)24-19(25-18)23-15(26)10-12-4-2-1-3-5-12/h1-9,11H,10H2,(H2,21,22,23,24,25,26). The molecule has 0 fully saturated rings. The maximum Gasteiger partial charge on any atom is 0.232 e. The van der Waals surface area contributed by atoms with Crippen molar-refractivity contribution in [2.75, 3.05) is 5.32 Å².